The molecule has 0 bridgehead atoms. The van der Waals surface area contributed by atoms with Crippen LogP contribution < -0.4 is 0 Å². The Hall–Kier alpha value is -0.120. The molecule has 0 rings (SSSR count). The predicted octanol–water partition coefficient (Wildman–Crippen LogP) is 1.47. The molecule has 0 unspecified atom stereocenters. The van der Waals surface area contributed by atoms with Crippen molar-refractivity contribution in [2.24, 2.45) is 0 Å². The molecule has 0 aliphatic heterocycles. The lowest BCUT2D eigenvalue weighted by Crippen LogP contribution is -2.01. The van der Waals surface area contributed by atoms with Gasteiger partial charge >= 0.3 is 0 Å². The number of ether oxygens (including phenoxy) is 3. The number of rotatable bonds is 9. The molecule has 0 aliphatic rings. The fourth-order valence-electron chi connectivity index (χ4n) is 0.858. The lowest BCUT2D eigenvalue weighted by Gasteiger charge is -2.02. The van der Waals surface area contributed by atoms with E-state index in [-0.39, 0.29) is 0 Å². The van der Waals surface area contributed by atoms with Gasteiger partial charge in [-0.15, -0.1) is 0 Å². The molecule has 0 N–H and O–H groups in total. The summed E-state index contributed by atoms with van der Waals surface area (Å²) < 4.78 is 15.1. The minimum Gasteiger partial charge on any atom is -0.385 e. The highest BCUT2D eigenvalue weighted by molar-refractivity contribution is 4.38. The summed E-state index contributed by atoms with van der Waals surface area (Å²) in [5.74, 6) is 0. The summed E-state index contributed by atoms with van der Waals surface area (Å²) >= 11 is 0. The normalized spacial score (nSPS) is 10.5. The Balaban J connectivity index is 2.73. The molecule has 0 atom stereocenters. The van der Waals surface area contributed by atoms with Gasteiger partial charge in [0.15, 0.2) is 0 Å². The standard InChI is InChI=1S/C9H20O3/c1-10-6-3-4-8-12-9-5-7-11-2/h3-9H2,1-2H3. The molecular weight excluding hydrogens is 156 g/mol. The Labute approximate surface area is 75.0 Å². The van der Waals surface area contributed by atoms with Crippen LogP contribution in [0.2, 0.25) is 0 Å². The van der Waals surface area contributed by atoms with Crippen LogP contribution in [0.25, 0.3) is 0 Å². The summed E-state index contributed by atoms with van der Waals surface area (Å²) in [6.07, 6.45) is 3.16. The first-order valence-electron chi connectivity index (χ1n) is 4.47. The second kappa shape index (κ2) is 10.9. The fraction of sp³-hybridized carbons (Fsp3) is 1.00. The summed E-state index contributed by atoms with van der Waals surface area (Å²) in [7, 11) is 3.43. The van der Waals surface area contributed by atoms with Gasteiger partial charge < -0.3 is 14.2 Å². The van der Waals surface area contributed by atoms with Crippen LogP contribution in [0, 0.1) is 0 Å². The van der Waals surface area contributed by atoms with Crippen LogP contribution in [0.3, 0.4) is 0 Å². The highest BCUT2D eigenvalue weighted by atomic mass is 16.5. The molecule has 0 aromatic carbocycles. The third-order valence-electron chi connectivity index (χ3n) is 1.52. The molecule has 0 fully saturated rings. The van der Waals surface area contributed by atoms with Crippen LogP contribution in [0.4, 0.5) is 0 Å². The summed E-state index contributed by atoms with van der Waals surface area (Å²) in [5, 5.41) is 0. The number of hydrogen-bond acceptors (Lipinski definition) is 3. The van der Waals surface area contributed by atoms with Crippen molar-refractivity contribution in [3.63, 3.8) is 0 Å². The first kappa shape index (κ1) is 11.9. The van der Waals surface area contributed by atoms with Crippen LogP contribution in [-0.2, 0) is 14.2 Å². The molecule has 0 spiro atoms. The van der Waals surface area contributed by atoms with E-state index < -0.39 is 0 Å². The Morgan fingerprint density at radius 2 is 1.17 bits per heavy atom. The lowest BCUT2D eigenvalue weighted by atomic mass is 10.3. The molecule has 0 radical (unpaired) electrons. The van der Waals surface area contributed by atoms with Gasteiger partial charge in [0.25, 0.3) is 0 Å². The van der Waals surface area contributed by atoms with Crippen molar-refractivity contribution in [1.29, 1.82) is 0 Å². The Bertz CT molecular complexity index is 66.2. The maximum atomic E-state index is 5.35. The van der Waals surface area contributed by atoms with E-state index in [1.807, 2.05) is 0 Å². The van der Waals surface area contributed by atoms with Gasteiger partial charge in [-0.25, -0.2) is 0 Å². The molecule has 0 aliphatic carbocycles. The van der Waals surface area contributed by atoms with Crippen molar-refractivity contribution < 1.29 is 14.2 Å². The van der Waals surface area contributed by atoms with E-state index in [4.69, 9.17) is 14.2 Å². The summed E-state index contributed by atoms with van der Waals surface area (Å²) in [4.78, 5) is 0. The zero-order valence-electron chi connectivity index (χ0n) is 8.17. The van der Waals surface area contributed by atoms with E-state index in [1.165, 1.54) is 0 Å². The largest absolute Gasteiger partial charge is 0.385 e. The average Bonchev–Trinajstić information content (AvgIpc) is 2.10. The minimum absolute atomic E-state index is 0.790. The van der Waals surface area contributed by atoms with Gasteiger partial charge in [-0.3, -0.25) is 0 Å². The number of hydrogen-bond donors (Lipinski definition) is 0. The summed E-state index contributed by atoms with van der Waals surface area (Å²) in [5.41, 5.74) is 0. The SMILES string of the molecule is COCCCCOCCCOC. The molecule has 74 valence electrons. The number of unbranched alkanes of at least 4 members (excludes halogenated alkanes) is 1. The molecule has 0 amide bonds. The van der Waals surface area contributed by atoms with Crippen molar-refractivity contribution in [3.8, 4) is 0 Å². The molecule has 0 saturated heterocycles. The predicted molar refractivity (Wildman–Crippen MR) is 48.4 cm³/mol. The summed E-state index contributed by atoms with van der Waals surface area (Å²) in [6, 6.07) is 0. The molecular formula is C9H20O3. The molecule has 0 saturated carbocycles. The van der Waals surface area contributed by atoms with Gasteiger partial charge in [-0.05, 0) is 19.3 Å². The van der Waals surface area contributed by atoms with Gasteiger partial charge in [-0.1, -0.05) is 0 Å². The lowest BCUT2D eigenvalue weighted by molar-refractivity contribution is 0.0949. The van der Waals surface area contributed by atoms with Gasteiger partial charge in [0, 0.05) is 40.6 Å². The first-order valence-corrected chi connectivity index (χ1v) is 4.47. The second-order valence-electron chi connectivity index (χ2n) is 2.66. The van der Waals surface area contributed by atoms with Crippen LogP contribution in [0.1, 0.15) is 19.3 Å². The Morgan fingerprint density at radius 1 is 0.667 bits per heavy atom. The van der Waals surface area contributed by atoms with Crippen molar-refractivity contribution >= 4 is 0 Å². The highest BCUT2D eigenvalue weighted by Gasteiger charge is 1.89. The topological polar surface area (TPSA) is 27.7 Å². The van der Waals surface area contributed by atoms with Crippen LogP contribution in [-0.4, -0.2) is 40.6 Å². The monoisotopic (exact) mass is 176 g/mol. The van der Waals surface area contributed by atoms with Gasteiger partial charge in [0.1, 0.15) is 0 Å². The molecule has 3 heteroatoms. The van der Waals surface area contributed by atoms with Gasteiger partial charge in [0.2, 0.25) is 0 Å². The summed E-state index contributed by atoms with van der Waals surface area (Å²) in [6.45, 7) is 3.27. The van der Waals surface area contributed by atoms with E-state index in [0.29, 0.717) is 0 Å². The van der Waals surface area contributed by atoms with Crippen molar-refractivity contribution in [2.75, 3.05) is 40.6 Å². The maximum Gasteiger partial charge on any atom is 0.0487 e. The maximum absolute atomic E-state index is 5.35. The van der Waals surface area contributed by atoms with E-state index >= 15 is 0 Å². The van der Waals surface area contributed by atoms with E-state index in [9.17, 15) is 0 Å². The molecule has 0 aromatic heterocycles. The molecule has 3 nitrogen and oxygen atoms in total. The van der Waals surface area contributed by atoms with Crippen molar-refractivity contribution in [2.45, 2.75) is 19.3 Å². The number of methoxy groups -OCH3 is 2. The van der Waals surface area contributed by atoms with Gasteiger partial charge in [0.05, 0.1) is 0 Å². The van der Waals surface area contributed by atoms with Crippen molar-refractivity contribution in [1.82, 2.24) is 0 Å². The van der Waals surface area contributed by atoms with Crippen LogP contribution in [0.5, 0.6) is 0 Å². The molecule has 0 aromatic rings. The van der Waals surface area contributed by atoms with Crippen molar-refractivity contribution in [3.05, 3.63) is 0 Å². The zero-order chi connectivity index (χ0) is 9.07. The van der Waals surface area contributed by atoms with Gasteiger partial charge in [-0.2, -0.15) is 0 Å². The van der Waals surface area contributed by atoms with E-state index in [0.717, 1.165) is 45.7 Å². The Kier molecular flexibility index (Phi) is 10.8. The third kappa shape index (κ3) is 9.88. The third-order valence-corrected chi connectivity index (χ3v) is 1.52. The average molecular weight is 176 g/mol. The first-order chi connectivity index (χ1) is 5.91. The molecule has 12 heavy (non-hydrogen) atoms. The zero-order valence-corrected chi connectivity index (χ0v) is 8.17. The quantitative estimate of drug-likeness (QED) is 0.498. The highest BCUT2D eigenvalue weighted by Crippen LogP contribution is 1.91. The molecule has 0 heterocycles. The smallest absolute Gasteiger partial charge is 0.0487 e. The second-order valence-corrected chi connectivity index (χ2v) is 2.66. The fourth-order valence-corrected chi connectivity index (χ4v) is 0.858. The van der Waals surface area contributed by atoms with Crippen LogP contribution in [0.15, 0.2) is 0 Å². The van der Waals surface area contributed by atoms with E-state index in [1.54, 1.807) is 14.2 Å². The van der Waals surface area contributed by atoms with Crippen LogP contribution >= 0.6 is 0 Å². The van der Waals surface area contributed by atoms with E-state index in [2.05, 4.69) is 0 Å². The Morgan fingerprint density at radius 3 is 1.83 bits per heavy atom. The minimum atomic E-state index is 0.790.